The van der Waals surface area contributed by atoms with Gasteiger partial charge in [0, 0.05) is 18.5 Å². The smallest absolute Gasteiger partial charge is 0.368 e. The molecule has 0 saturated heterocycles. The van der Waals surface area contributed by atoms with Gasteiger partial charge in [-0.25, -0.2) is 13.4 Å². The Morgan fingerprint density at radius 2 is 2.00 bits per heavy atom. The van der Waals surface area contributed by atoms with E-state index in [0.717, 1.165) is 18.5 Å². The molecule has 0 fully saturated rings. The second-order valence-electron chi connectivity index (χ2n) is 4.39. The molecule has 8 heteroatoms. The average Bonchev–Trinajstić information content (AvgIpc) is 2.25. The molecule has 1 rings (SSSR count). The highest BCUT2D eigenvalue weighted by molar-refractivity contribution is 7.90. The number of hydrogen-bond acceptors (Lipinski definition) is 4. The Morgan fingerprint density at radius 3 is 2.42 bits per heavy atom. The minimum atomic E-state index is -4.41. The number of hydrogen-bond donors (Lipinski definition) is 1. The molecule has 0 aromatic carbocycles. The van der Waals surface area contributed by atoms with Crippen LogP contribution in [0.2, 0.25) is 0 Å². The van der Waals surface area contributed by atoms with Crippen LogP contribution in [0.5, 0.6) is 0 Å². The molecule has 1 atom stereocenters. The van der Waals surface area contributed by atoms with Crippen LogP contribution in [0.25, 0.3) is 0 Å². The van der Waals surface area contributed by atoms with Crippen LogP contribution in [0.15, 0.2) is 18.3 Å². The Kier molecular flexibility index (Phi) is 4.78. The first-order valence-electron chi connectivity index (χ1n) is 5.55. The van der Waals surface area contributed by atoms with E-state index >= 15 is 0 Å². The molecule has 1 N–H and O–H groups in total. The fraction of sp³-hybridized carbons (Fsp3) is 0.545. The zero-order valence-corrected chi connectivity index (χ0v) is 11.3. The number of rotatable bonds is 5. The monoisotopic (exact) mass is 296 g/mol. The third kappa shape index (κ3) is 5.91. The number of sulfone groups is 1. The lowest BCUT2D eigenvalue weighted by Gasteiger charge is -2.14. The third-order valence-corrected chi connectivity index (χ3v) is 3.38. The normalized spacial score (nSPS) is 14.2. The highest BCUT2D eigenvalue weighted by Gasteiger charge is 2.30. The van der Waals surface area contributed by atoms with Gasteiger partial charge in [0.15, 0.2) is 0 Å². The van der Waals surface area contributed by atoms with Crippen LogP contribution >= 0.6 is 0 Å². The van der Waals surface area contributed by atoms with Crippen molar-refractivity contribution in [2.24, 2.45) is 0 Å². The van der Waals surface area contributed by atoms with Crippen molar-refractivity contribution in [3.05, 3.63) is 23.9 Å². The Hall–Kier alpha value is -1.31. The first-order valence-corrected chi connectivity index (χ1v) is 7.61. The fourth-order valence-electron chi connectivity index (χ4n) is 1.36. The van der Waals surface area contributed by atoms with Crippen LogP contribution in [-0.2, 0) is 16.0 Å². The Balaban J connectivity index is 2.58. The van der Waals surface area contributed by atoms with E-state index in [1.165, 1.54) is 6.07 Å². The molecular formula is C11H15F3N2O2S. The van der Waals surface area contributed by atoms with Crippen LogP contribution in [0, 0.1) is 0 Å². The molecule has 19 heavy (non-hydrogen) atoms. The summed E-state index contributed by atoms with van der Waals surface area (Å²) in [6.07, 6.45) is -2.17. The molecule has 1 unspecified atom stereocenters. The molecule has 0 aliphatic carbocycles. The molecule has 0 spiro atoms. The number of nitrogens with one attached hydrogen (secondary N) is 1. The summed E-state index contributed by atoms with van der Waals surface area (Å²) in [5.74, 6) is 0.302. The highest BCUT2D eigenvalue weighted by atomic mass is 32.2. The Labute approximate surface area is 110 Å². The second kappa shape index (κ2) is 5.77. The predicted octanol–water partition coefficient (Wildman–Crippen LogP) is 2.34. The number of alkyl halides is 3. The van der Waals surface area contributed by atoms with E-state index in [1.54, 1.807) is 6.92 Å². The summed E-state index contributed by atoms with van der Waals surface area (Å²) >= 11 is 0. The number of pyridine rings is 1. The zero-order valence-electron chi connectivity index (χ0n) is 10.5. The minimum absolute atomic E-state index is 0.0157. The molecule has 0 amide bonds. The van der Waals surface area contributed by atoms with Crippen molar-refractivity contribution < 1.29 is 21.6 Å². The van der Waals surface area contributed by atoms with E-state index < -0.39 is 21.6 Å². The van der Waals surface area contributed by atoms with Crippen LogP contribution < -0.4 is 5.32 Å². The third-order valence-electron chi connectivity index (χ3n) is 2.41. The summed E-state index contributed by atoms with van der Waals surface area (Å²) in [4.78, 5) is 3.65. The summed E-state index contributed by atoms with van der Waals surface area (Å²) in [5.41, 5.74) is -0.818. The van der Waals surface area contributed by atoms with Gasteiger partial charge in [-0.15, -0.1) is 0 Å². The highest BCUT2D eigenvalue weighted by Crippen LogP contribution is 2.28. The lowest BCUT2D eigenvalue weighted by molar-refractivity contribution is -0.137. The lowest BCUT2D eigenvalue weighted by atomic mass is 10.2. The van der Waals surface area contributed by atoms with Gasteiger partial charge in [0.25, 0.3) is 0 Å². The molecule has 0 aliphatic rings. The molecule has 0 radical (unpaired) electrons. The molecule has 1 heterocycles. The number of aromatic nitrogens is 1. The van der Waals surface area contributed by atoms with E-state index in [2.05, 4.69) is 10.3 Å². The number of anilines is 1. The van der Waals surface area contributed by atoms with Crippen LogP contribution in [0.3, 0.4) is 0 Å². The average molecular weight is 296 g/mol. The summed E-state index contributed by atoms with van der Waals surface area (Å²) in [7, 11) is -3.05. The standard InChI is InChI=1S/C11H15F3N2O2S/c1-8(5-6-19(2,17)18)16-10-4-3-9(7-15-10)11(12,13)14/h3-4,7-8H,5-6H2,1-2H3,(H,15,16). The van der Waals surface area contributed by atoms with Gasteiger partial charge in [-0.1, -0.05) is 0 Å². The molecule has 0 aliphatic heterocycles. The van der Waals surface area contributed by atoms with Gasteiger partial charge in [-0.05, 0) is 25.5 Å². The van der Waals surface area contributed by atoms with Gasteiger partial charge in [0.05, 0.1) is 11.3 Å². The molecule has 0 bridgehead atoms. The number of halogens is 3. The molecule has 0 saturated carbocycles. The van der Waals surface area contributed by atoms with Gasteiger partial charge in [-0.2, -0.15) is 13.2 Å². The molecule has 1 aromatic rings. The molecule has 108 valence electrons. The van der Waals surface area contributed by atoms with Gasteiger partial charge in [0.2, 0.25) is 0 Å². The van der Waals surface area contributed by atoms with Crippen LogP contribution in [-0.4, -0.2) is 31.5 Å². The van der Waals surface area contributed by atoms with Crippen molar-refractivity contribution in [1.29, 1.82) is 0 Å². The summed E-state index contributed by atoms with van der Waals surface area (Å²) < 4.78 is 58.9. The second-order valence-corrected chi connectivity index (χ2v) is 6.65. The fourth-order valence-corrected chi connectivity index (χ4v) is 2.14. The van der Waals surface area contributed by atoms with E-state index in [1.807, 2.05) is 0 Å². The summed E-state index contributed by atoms with van der Waals surface area (Å²) in [5, 5.41) is 2.85. The Morgan fingerprint density at radius 1 is 1.37 bits per heavy atom. The van der Waals surface area contributed by atoms with Gasteiger partial charge in [0.1, 0.15) is 15.7 Å². The van der Waals surface area contributed by atoms with Crippen molar-refractivity contribution >= 4 is 15.7 Å². The molecule has 1 aromatic heterocycles. The van der Waals surface area contributed by atoms with Crippen LogP contribution in [0.4, 0.5) is 19.0 Å². The first kappa shape index (κ1) is 15.7. The first-order chi connectivity index (χ1) is 8.58. The van der Waals surface area contributed by atoms with Gasteiger partial charge < -0.3 is 5.32 Å². The summed E-state index contributed by atoms with van der Waals surface area (Å²) in [6.45, 7) is 1.74. The van der Waals surface area contributed by atoms with E-state index in [-0.39, 0.29) is 17.6 Å². The van der Waals surface area contributed by atoms with Crippen molar-refractivity contribution in [3.8, 4) is 0 Å². The van der Waals surface area contributed by atoms with Crippen molar-refractivity contribution in [2.45, 2.75) is 25.6 Å². The van der Waals surface area contributed by atoms with E-state index in [9.17, 15) is 21.6 Å². The van der Waals surface area contributed by atoms with Gasteiger partial charge in [-0.3, -0.25) is 0 Å². The Bertz CT molecular complexity index is 512. The van der Waals surface area contributed by atoms with E-state index in [0.29, 0.717) is 6.42 Å². The quantitative estimate of drug-likeness (QED) is 0.906. The van der Waals surface area contributed by atoms with Gasteiger partial charge >= 0.3 is 6.18 Å². The van der Waals surface area contributed by atoms with E-state index in [4.69, 9.17) is 0 Å². The number of nitrogens with zero attached hydrogens (tertiary/aromatic N) is 1. The lowest BCUT2D eigenvalue weighted by Crippen LogP contribution is -2.20. The maximum Gasteiger partial charge on any atom is 0.417 e. The maximum atomic E-state index is 12.3. The largest absolute Gasteiger partial charge is 0.417 e. The summed E-state index contributed by atoms with van der Waals surface area (Å²) in [6, 6.07) is 1.96. The van der Waals surface area contributed by atoms with Crippen LogP contribution in [0.1, 0.15) is 18.9 Å². The van der Waals surface area contributed by atoms with Crippen molar-refractivity contribution in [2.75, 3.05) is 17.3 Å². The zero-order chi connectivity index (χ0) is 14.7. The molecular weight excluding hydrogens is 281 g/mol. The topological polar surface area (TPSA) is 59.1 Å². The van der Waals surface area contributed by atoms with Crippen molar-refractivity contribution in [3.63, 3.8) is 0 Å². The maximum absolute atomic E-state index is 12.3. The predicted molar refractivity (Wildman–Crippen MR) is 66.7 cm³/mol. The molecule has 4 nitrogen and oxygen atoms in total. The van der Waals surface area contributed by atoms with Crippen molar-refractivity contribution in [1.82, 2.24) is 4.98 Å². The minimum Gasteiger partial charge on any atom is -0.368 e. The SMILES string of the molecule is CC(CCS(C)(=O)=O)Nc1ccc(C(F)(F)F)cn1.